The van der Waals surface area contributed by atoms with Gasteiger partial charge in [-0.05, 0) is 16.9 Å². The Morgan fingerprint density at radius 3 is 2.55 bits per heavy atom. The Balaban J connectivity index is 2.73. The Morgan fingerprint density at radius 1 is 1.32 bits per heavy atom. The SMILES string of the molecule is COC(N)C(CO)OP(=O)(OCCO)SCc1ccccc1. The predicted molar refractivity (Wildman–Crippen MR) is 85.3 cm³/mol. The summed E-state index contributed by atoms with van der Waals surface area (Å²) in [5.41, 5.74) is 6.57. The number of aliphatic hydroxyl groups is 2. The van der Waals surface area contributed by atoms with E-state index in [0.29, 0.717) is 5.75 Å². The van der Waals surface area contributed by atoms with Gasteiger partial charge in [-0.1, -0.05) is 30.3 Å². The van der Waals surface area contributed by atoms with Gasteiger partial charge in [0.25, 0.3) is 0 Å². The molecule has 0 aromatic heterocycles. The predicted octanol–water partition coefficient (Wildman–Crippen LogP) is 1.35. The number of rotatable bonds is 11. The van der Waals surface area contributed by atoms with Gasteiger partial charge in [0.15, 0.2) is 0 Å². The molecule has 1 aromatic carbocycles. The summed E-state index contributed by atoms with van der Waals surface area (Å²) in [4.78, 5) is 0. The second-order valence-corrected chi connectivity index (χ2v) is 8.32. The van der Waals surface area contributed by atoms with Gasteiger partial charge in [0.1, 0.15) is 12.3 Å². The van der Waals surface area contributed by atoms with Crippen molar-refractivity contribution in [2.24, 2.45) is 5.73 Å². The van der Waals surface area contributed by atoms with Crippen LogP contribution in [0.3, 0.4) is 0 Å². The van der Waals surface area contributed by atoms with E-state index in [2.05, 4.69) is 0 Å². The molecule has 0 aliphatic heterocycles. The topological polar surface area (TPSA) is 111 Å². The Hall–Kier alpha value is -0.440. The van der Waals surface area contributed by atoms with Crippen molar-refractivity contribution in [1.29, 1.82) is 0 Å². The number of hydrogen-bond acceptors (Lipinski definition) is 8. The molecule has 0 saturated carbocycles. The van der Waals surface area contributed by atoms with Crippen molar-refractivity contribution in [1.82, 2.24) is 0 Å². The fraction of sp³-hybridized carbons (Fsp3) is 0.538. The molecule has 4 N–H and O–H groups in total. The van der Waals surface area contributed by atoms with Gasteiger partial charge in [0.2, 0.25) is 0 Å². The van der Waals surface area contributed by atoms with Crippen LogP contribution >= 0.6 is 18.2 Å². The molecular weight excluding hydrogens is 329 g/mol. The van der Waals surface area contributed by atoms with E-state index in [9.17, 15) is 9.67 Å². The molecule has 9 heteroatoms. The minimum absolute atomic E-state index is 0.139. The first-order valence-electron chi connectivity index (χ1n) is 6.66. The monoisotopic (exact) mass is 351 g/mol. The van der Waals surface area contributed by atoms with Crippen LogP contribution in [-0.4, -0.2) is 49.5 Å². The number of benzene rings is 1. The number of aliphatic hydroxyl groups excluding tert-OH is 2. The van der Waals surface area contributed by atoms with Gasteiger partial charge >= 0.3 is 6.80 Å². The largest absolute Gasteiger partial charge is 0.394 e. The van der Waals surface area contributed by atoms with Crippen LogP contribution in [0.4, 0.5) is 0 Å². The Bertz CT molecular complexity index is 463. The number of nitrogens with two attached hydrogens (primary N) is 1. The molecule has 0 fully saturated rings. The molecular formula is C13H22NO6PS. The van der Waals surface area contributed by atoms with Crippen molar-refractivity contribution in [2.45, 2.75) is 18.1 Å². The van der Waals surface area contributed by atoms with Gasteiger partial charge in [-0.25, -0.2) is 4.57 Å². The van der Waals surface area contributed by atoms with E-state index in [4.69, 9.17) is 24.6 Å². The van der Waals surface area contributed by atoms with Crippen molar-refractivity contribution < 1.29 is 28.6 Å². The second kappa shape index (κ2) is 10.4. The first kappa shape index (κ1) is 19.6. The highest BCUT2D eigenvalue weighted by atomic mass is 32.7. The summed E-state index contributed by atoms with van der Waals surface area (Å²) in [6.07, 6.45) is -1.92. The van der Waals surface area contributed by atoms with Crippen LogP contribution in [-0.2, 0) is 24.1 Å². The van der Waals surface area contributed by atoms with E-state index in [1.807, 2.05) is 30.3 Å². The lowest BCUT2D eigenvalue weighted by Crippen LogP contribution is -2.40. The van der Waals surface area contributed by atoms with Crippen LogP contribution in [0.2, 0.25) is 0 Å². The molecule has 3 atom stereocenters. The molecule has 0 bridgehead atoms. The van der Waals surface area contributed by atoms with E-state index in [1.54, 1.807) is 0 Å². The van der Waals surface area contributed by atoms with Crippen molar-refractivity contribution >= 4 is 18.2 Å². The number of methoxy groups -OCH3 is 1. The molecule has 0 amide bonds. The normalized spacial score (nSPS) is 16.9. The summed E-state index contributed by atoms with van der Waals surface area (Å²) < 4.78 is 28.1. The lowest BCUT2D eigenvalue weighted by molar-refractivity contribution is -0.0252. The lowest BCUT2D eigenvalue weighted by atomic mass is 10.2. The maximum Gasteiger partial charge on any atom is 0.390 e. The minimum atomic E-state index is -3.60. The van der Waals surface area contributed by atoms with Crippen LogP contribution < -0.4 is 5.73 Å². The van der Waals surface area contributed by atoms with E-state index in [0.717, 1.165) is 16.9 Å². The highest BCUT2D eigenvalue weighted by molar-refractivity contribution is 8.54. The summed E-state index contributed by atoms with van der Waals surface area (Å²) in [5, 5.41) is 18.1. The van der Waals surface area contributed by atoms with Gasteiger partial charge in [0, 0.05) is 12.9 Å². The quantitative estimate of drug-likeness (QED) is 0.405. The zero-order valence-electron chi connectivity index (χ0n) is 12.3. The first-order chi connectivity index (χ1) is 10.5. The third kappa shape index (κ3) is 6.76. The Labute approximate surface area is 134 Å². The fourth-order valence-electron chi connectivity index (χ4n) is 1.49. The molecule has 0 aliphatic carbocycles. The summed E-state index contributed by atoms with van der Waals surface area (Å²) in [6.45, 7) is -4.50. The van der Waals surface area contributed by atoms with Crippen LogP contribution in [0.25, 0.3) is 0 Å². The molecule has 7 nitrogen and oxygen atoms in total. The van der Waals surface area contributed by atoms with Gasteiger partial charge in [-0.2, -0.15) is 0 Å². The molecule has 0 saturated heterocycles. The van der Waals surface area contributed by atoms with Crippen LogP contribution in [0.15, 0.2) is 30.3 Å². The molecule has 0 aliphatic rings. The average molecular weight is 351 g/mol. The summed E-state index contributed by atoms with van der Waals surface area (Å²) in [5.74, 6) is 0.393. The van der Waals surface area contributed by atoms with E-state index < -0.39 is 25.7 Å². The molecule has 0 spiro atoms. The average Bonchev–Trinajstić information content (AvgIpc) is 2.56. The van der Waals surface area contributed by atoms with Crippen molar-refractivity contribution in [3.05, 3.63) is 35.9 Å². The maximum atomic E-state index is 12.7. The van der Waals surface area contributed by atoms with Gasteiger partial charge < -0.3 is 20.7 Å². The molecule has 1 rings (SSSR count). The van der Waals surface area contributed by atoms with Gasteiger partial charge in [-0.15, -0.1) is 0 Å². The molecule has 1 aromatic rings. The highest BCUT2D eigenvalue weighted by Gasteiger charge is 2.32. The standard InChI is InChI=1S/C13H22NO6PS/c1-18-13(14)12(9-16)20-21(17,19-8-7-15)22-10-11-5-3-2-4-6-11/h2-6,12-13,15-16H,7-10,14H2,1H3. The van der Waals surface area contributed by atoms with Gasteiger partial charge in [0.05, 0.1) is 19.8 Å². The summed E-state index contributed by atoms with van der Waals surface area (Å²) >= 11 is 0.966. The highest BCUT2D eigenvalue weighted by Crippen LogP contribution is 2.62. The summed E-state index contributed by atoms with van der Waals surface area (Å²) in [6, 6.07) is 9.38. The molecule has 0 radical (unpaired) electrons. The smallest absolute Gasteiger partial charge is 0.390 e. The Kier molecular flexibility index (Phi) is 9.23. The zero-order chi connectivity index (χ0) is 16.4. The van der Waals surface area contributed by atoms with Crippen molar-refractivity contribution in [2.75, 3.05) is 26.9 Å². The second-order valence-electron chi connectivity index (χ2n) is 4.29. The zero-order valence-corrected chi connectivity index (χ0v) is 14.0. The van der Waals surface area contributed by atoms with Crippen LogP contribution in [0, 0.1) is 0 Å². The minimum Gasteiger partial charge on any atom is -0.394 e. The number of hydrogen-bond donors (Lipinski definition) is 3. The Morgan fingerprint density at radius 2 is 2.00 bits per heavy atom. The van der Waals surface area contributed by atoms with E-state index >= 15 is 0 Å². The lowest BCUT2D eigenvalue weighted by Gasteiger charge is -2.25. The maximum absolute atomic E-state index is 12.7. The first-order valence-corrected chi connectivity index (χ1v) is 9.79. The fourth-order valence-corrected chi connectivity index (χ4v) is 4.90. The van der Waals surface area contributed by atoms with E-state index in [1.165, 1.54) is 7.11 Å². The van der Waals surface area contributed by atoms with E-state index in [-0.39, 0.29) is 13.2 Å². The molecule has 22 heavy (non-hydrogen) atoms. The third-order valence-corrected chi connectivity index (χ3v) is 6.37. The third-order valence-electron chi connectivity index (χ3n) is 2.66. The van der Waals surface area contributed by atoms with Crippen LogP contribution in [0.1, 0.15) is 5.56 Å². The molecule has 3 unspecified atom stereocenters. The summed E-state index contributed by atoms with van der Waals surface area (Å²) in [7, 11) is 1.35. The molecule has 126 valence electrons. The molecule has 0 heterocycles. The van der Waals surface area contributed by atoms with Crippen LogP contribution in [0.5, 0.6) is 0 Å². The number of ether oxygens (including phenoxy) is 1. The van der Waals surface area contributed by atoms with Crippen molar-refractivity contribution in [3.63, 3.8) is 0 Å². The van der Waals surface area contributed by atoms with Gasteiger partial charge in [-0.3, -0.25) is 9.05 Å². The van der Waals surface area contributed by atoms with Crippen molar-refractivity contribution in [3.8, 4) is 0 Å².